The molecular weight excluding hydrogens is 130 g/mol. The molecular formula is C4H10ClOP. The van der Waals surface area contributed by atoms with Crippen LogP contribution in [0.4, 0.5) is 0 Å². The minimum atomic E-state index is -0.191. The van der Waals surface area contributed by atoms with Gasteiger partial charge in [0.15, 0.2) is 0 Å². The average Bonchev–Trinajstić information content (AvgIpc) is 1.61. The number of hydrogen-bond acceptors (Lipinski definition) is 1. The summed E-state index contributed by atoms with van der Waals surface area (Å²) in [5, 5.41) is 0. The molecule has 0 aliphatic carbocycles. The first kappa shape index (κ1) is 7.68. The molecule has 1 nitrogen and oxygen atoms in total. The van der Waals surface area contributed by atoms with Crippen molar-refractivity contribution in [1.82, 2.24) is 0 Å². The van der Waals surface area contributed by atoms with E-state index in [1.165, 1.54) is 0 Å². The average molecular weight is 141 g/mol. The van der Waals surface area contributed by atoms with Crippen LogP contribution in [0.5, 0.6) is 0 Å². The molecule has 0 rings (SSSR count). The van der Waals surface area contributed by atoms with Gasteiger partial charge in [0.1, 0.15) is 0 Å². The lowest BCUT2D eigenvalue weighted by atomic mass is 10.9. The molecule has 0 fully saturated rings. The third-order valence-corrected chi connectivity index (χ3v) is 1.28. The smallest absolute Gasteiger partial charge is 0.0644 e. The maximum atomic E-state index is 5.33. The topological polar surface area (TPSA) is 9.23 Å². The van der Waals surface area contributed by atoms with E-state index >= 15 is 0 Å². The van der Waals surface area contributed by atoms with Gasteiger partial charge in [-0.1, -0.05) is 0 Å². The van der Waals surface area contributed by atoms with Crippen molar-refractivity contribution < 1.29 is 4.52 Å². The van der Waals surface area contributed by atoms with Gasteiger partial charge in [-0.25, -0.2) is 0 Å². The summed E-state index contributed by atoms with van der Waals surface area (Å²) < 4.78 is 5.12. The Morgan fingerprint density at radius 3 is 2.29 bits per heavy atom. The van der Waals surface area contributed by atoms with Crippen molar-refractivity contribution in [2.75, 3.05) is 25.8 Å². The second-order valence-electron chi connectivity index (χ2n) is 1.33. The number of hydrogen-bond donors (Lipinski definition) is 0. The van der Waals surface area contributed by atoms with Crippen LogP contribution in [-0.4, -0.2) is 25.8 Å². The minimum absolute atomic E-state index is 0.191. The Hall–Kier alpha value is 0.680. The van der Waals surface area contributed by atoms with Crippen LogP contribution in [0.2, 0.25) is 0 Å². The lowest BCUT2D eigenvalue weighted by molar-refractivity contribution is 0.386. The molecule has 0 aromatic rings. The van der Waals surface area contributed by atoms with Crippen molar-refractivity contribution >= 4 is 19.7 Å². The van der Waals surface area contributed by atoms with Crippen LogP contribution in [0.1, 0.15) is 0 Å². The van der Waals surface area contributed by atoms with Crippen molar-refractivity contribution in [3.8, 4) is 0 Å². The predicted molar refractivity (Wildman–Crippen MR) is 35.4 cm³/mol. The van der Waals surface area contributed by atoms with E-state index in [2.05, 4.69) is 13.3 Å². The normalized spacial score (nSPS) is 10.3. The Morgan fingerprint density at radius 2 is 2.14 bits per heavy atom. The minimum Gasteiger partial charge on any atom is -0.359 e. The molecule has 0 spiro atoms. The van der Waals surface area contributed by atoms with Crippen LogP contribution < -0.4 is 0 Å². The van der Waals surface area contributed by atoms with Crippen molar-refractivity contribution in [2.24, 2.45) is 0 Å². The predicted octanol–water partition coefficient (Wildman–Crippen LogP) is 1.90. The van der Waals surface area contributed by atoms with Crippen LogP contribution in [0.3, 0.4) is 0 Å². The van der Waals surface area contributed by atoms with E-state index in [0.29, 0.717) is 12.5 Å². The molecule has 0 aromatic carbocycles. The fraction of sp³-hybridized carbons (Fsp3) is 1.00. The molecule has 0 aliphatic rings. The van der Waals surface area contributed by atoms with E-state index in [0.717, 1.165) is 0 Å². The molecule has 0 unspecified atom stereocenters. The van der Waals surface area contributed by atoms with Crippen LogP contribution in [0, 0.1) is 0 Å². The largest absolute Gasteiger partial charge is 0.359 e. The standard InChI is InChI=1S/C4H10ClOP/c1-7(2)6-4-3-5/h3-4H2,1-2H3. The lowest BCUT2D eigenvalue weighted by Crippen LogP contribution is -1.87. The van der Waals surface area contributed by atoms with E-state index in [9.17, 15) is 0 Å². The summed E-state index contributed by atoms with van der Waals surface area (Å²) in [7, 11) is -0.191. The van der Waals surface area contributed by atoms with E-state index in [1.807, 2.05) is 0 Å². The zero-order valence-electron chi connectivity index (χ0n) is 4.65. The molecule has 0 radical (unpaired) electrons. The van der Waals surface area contributed by atoms with Gasteiger partial charge in [-0.15, -0.1) is 11.6 Å². The second-order valence-corrected chi connectivity index (χ2v) is 3.60. The third kappa shape index (κ3) is 6.68. The van der Waals surface area contributed by atoms with E-state index in [4.69, 9.17) is 16.1 Å². The highest BCUT2D eigenvalue weighted by molar-refractivity contribution is 7.50. The summed E-state index contributed by atoms with van der Waals surface area (Å²) in [5.74, 6) is 0.612. The number of rotatable bonds is 3. The van der Waals surface area contributed by atoms with Gasteiger partial charge >= 0.3 is 0 Å². The summed E-state index contributed by atoms with van der Waals surface area (Å²) >= 11 is 5.33. The first-order chi connectivity index (χ1) is 3.27. The fourth-order valence-corrected chi connectivity index (χ4v) is 0.858. The summed E-state index contributed by atoms with van der Waals surface area (Å²) in [4.78, 5) is 0. The monoisotopic (exact) mass is 140 g/mol. The molecule has 3 heteroatoms. The van der Waals surface area contributed by atoms with Gasteiger partial charge < -0.3 is 4.52 Å². The van der Waals surface area contributed by atoms with E-state index < -0.39 is 0 Å². The van der Waals surface area contributed by atoms with Crippen LogP contribution in [-0.2, 0) is 4.52 Å². The summed E-state index contributed by atoms with van der Waals surface area (Å²) in [6, 6.07) is 0. The number of halogens is 1. The Balaban J connectivity index is 2.68. The van der Waals surface area contributed by atoms with E-state index in [-0.39, 0.29) is 8.15 Å². The van der Waals surface area contributed by atoms with Gasteiger partial charge in [0.05, 0.1) is 6.61 Å². The lowest BCUT2D eigenvalue weighted by Gasteiger charge is -2.02. The van der Waals surface area contributed by atoms with Gasteiger partial charge in [-0.2, -0.15) is 0 Å². The summed E-state index contributed by atoms with van der Waals surface area (Å²) in [6.07, 6.45) is 0. The number of alkyl halides is 1. The molecule has 0 bridgehead atoms. The van der Waals surface area contributed by atoms with Crippen molar-refractivity contribution in [1.29, 1.82) is 0 Å². The quantitative estimate of drug-likeness (QED) is 0.430. The van der Waals surface area contributed by atoms with Crippen LogP contribution >= 0.6 is 19.7 Å². The van der Waals surface area contributed by atoms with Crippen LogP contribution in [0.25, 0.3) is 0 Å². The van der Waals surface area contributed by atoms with Gasteiger partial charge in [-0.05, 0) is 13.3 Å². The van der Waals surface area contributed by atoms with Crippen molar-refractivity contribution in [3.05, 3.63) is 0 Å². The fourth-order valence-electron chi connectivity index (χ4n) is 0.217. The van der Waals surface area contributed by atoms with Gasteiger partial charge in [0, 0.05) is 14.0 Å². The van der Waals surface area contributed by atoms with Gasteiger partial charge in [-0.3, -0.25) is 0 Å². The third-order valence-electron chi connectivity index (χ3n) is 0.427. The van der Waals surface area contributed by atoms with Crippen molar-refractivity contribution in [3.63, 3.8) is 0 Å². The SMILES string of the molecule is CP(C)OCCCl. The molecule has 0 heterocycles. The molecule has 0 saturated carbocycles. The highest BCUT2D eigenvalue weighted by Crippen LogP contribution is 2.24. The zero-order chi connectivity index (χ0) is 5.70. The molecule has 44 valence electrons. The van der Waals surface area contributed by atoms with Crippen LogP contribution in [0.15, 0.2) is 0 Å². The highest BCUT2D eigenvalue weighted by Gasteiger charge is 1.87. The first-order valence-corrected chi connectivity index (χ1v) is 4.82. The molecule has 0 saturated heterocycles. The Morgan fingerprint density at radius 1 is 1.57 bits per heavy atom. The first-order valence-electron chi connectivity index (χ1n) is 2.13. The zero-order valence-corrected chi connectivity index (χ0v) is 6.30. The molecule has 0 amide bonds. The maximum absolute atomic E-state index is 5.33. The molecule has 0 N–H and O–H groups in total. The Labute approximate surface area is 50.8 Å². The van der Waals surface area contributed by atoms with E-state index in [1.54, 1.807) is 0 Å². The molecule has 0 aliphatic heterocycles. The maximum Gasteiger partial charge on any atom is 0.0644 e. The summed E-state index contributed by atoms with van der Waals surface area (Å²) in [5.41, 5.74) is 0. The Kier molecular flexibility index (Phi) is 5.30. The van der Waals surface area contributed by atoms with Gasteiger partial charge in [0.25, 0.3) is 0 Å². The van der Waals surface area contributed by atoms with Crippen molar-refractivity contribution in [2.45, 2.75) is 0 Å². The molecule has 7 heavy (non-hydrogen) atoms. The molecule has 0 aromatic heterocycles. The second kappa shape index (κ2) is 4.83. The Bertz CT molecular complexity index is 40.7. The molecule has 0 atom stereocenters. The summed E-state index contributed by atoms with van der Waals surface area (Å²) in [6.45, 7) is 4.81. The van der Waals surface area contributed by atoms with Gasteiger partial charge in [0.2, 0.25) is 0 Å². The highest BCUT2D eigenvalue weighted by atomic mass is 35.5.